The van der Waals surface area contributed by atoms with Crippen LogP contribution in [-0.4, -0.2) is 73.4 Å². The molecular weight excluding hydrogens is 948 g/mol. The number of phosphoric acid groups is 1. The smallest absolute Gasteiger partial charge is 0.387 e. The average Bonchev–Trinajstić information content (AvgIpc) is 3.37. The van der Waals surface area contributed by atoms with Crippen molar-refractivity contribution in [1.29, 1.82) is 0 Å². The van der Waals surface area contributed by atoms with Crippen molar-refractivity contribution in [2.24, 2.45) is 0 Å². The predicted octanol–water partition coefficient (Wildman–Crippen LogP) is 20.7. The van der Waals surface area contributed by atoms with Crippen LogP contribution in [0.15, 0.2) is 24.3 Å². The fourth-order valence-electron chi connectivity index (χ4n) is 10.2. The number of carbonyl (C=O) groups excluding carboxylic acids is 1. The van der Waals surface area contributed by atoms with E-state index in [0.29, 0.717) is 17.4 Å². The van der Waals surface area contributed by atoms with Crippen LogP contribution in [0.5, 0.6) is 0 Å². The third-order valence-electron chi connectivity index (χ3n) is 15.4. The highest BCUT2D eigenvalue weighted by molar-refractivity contribution is 7.47. The van der Waals surface area contributed by atoms with Crippen LogP contribution in [-0.2, 0) is 18.4 Å². The van der Waals surface area contributed by atoms with Crippen LogP contribution in [0.4, 0.5) is 0 Å². The van der Waals surface area contributed by atoms with E-state index in [4.69, 9.17) is 9.05 Å². The maximum absolute atomic E-state index is 13.0. The molecule has 0 rings (SSSR count). The number of aliphatic hydroxyl groups excluding tert-OH is 1. The molecule has 446 valence electrons. The van der Waals surface area contributed by atoms with E-state index in [-0.39, 0.29) is 19.1 Å². The minimum absolute atomic E-state index is 0.0638. The Labute approximate surface area is 468 Å². The van der Waals surface area contributed by atoms with Crippen molar-refractivity contribution in [2.75, 3.05) is 40.9 Å². The van der Waals surface area contributed by atoms with Crippen molar-refractivity contribution in [1.82, 2.24) is 5.32 Å². The minimum atomic E-state index is -4.34. The molecule has 0 saturated carbocycles. The molecule has 3 atom stereocenters. The largest absolute Gasteiger partial charge is 0.472 e. The molecule has 0 aromatic carbocycles. The van der Waals surface area contributed by atoms with Gasteiger partial charge in [-0.2, -0.15) is 0 Å². The number of nitrogens with one attached hydrogen (secondary N) is 1. The first kappa shape index (κ1) is 74.0. The topological polar surface area (TPSA) is 105 Å². The molecule has 1 amide bonds. The zero-order valence-corrected chi connectivity index (χ0v) is 52.0. The number of nitrogens with zero attached hydrogens (tertiary/aromatic N) is 1. The highest BCUT2D eigenvalue weighted by atomic mass is 31.2. The lowest BCUT2D eigenvalue weighted by Gasteiger charge is -2.25. The number of hydrogen-bond donors (Lipinski definition) is 3. The van der Waals surface area contributed by atoms with Crippen LogP contribution >= 0.6 is 7.82 Å². The molecule has 8 nitrogen and oxygen atoms in total. The number of phosphoric ester groups is 1. The number of hydrogen-bond acceptors (Lipinski definition) is 5. The van der Waals surface area contributed by atoms with E-state index < -0.39 is 20.0 Å². The number of allylic oxidation sites excluding steroid dienone is 3. The van der Waals surface area contributed by atoms with Crippen molar-refractivity contribution in [3.8, 4) is 0 Å². The van der Waals surface area contributed by atoms with E-state index in [1.165, 1.54) is 283 Å². The van der Waals surface area contributed by atoms with E-state index in [1.54, 1.807) is 6.08 Å². The highest BCUT2D eigenvalue weighted by Gasteiger charge is 2.28. The Hall–Kier alpha value is -1.02. The number of aliphatic hydroxyl groups is 1. The summed E-state index contributed by atoms with van der Waals surface area (Å²) < 4.78 is 23.7. The van der Waals surface area contributed by atoms with Gasteiger partial charge in [-0.25, -0.2) is 4.57 Å². The van der Waals surface area contributed by atoms with Crippen LogP contribution in [0.25, 0.3) is 0 Å². The van der Waals surface area contributed by atoms with Gasteiger partial charge in [-0.15, -0.1) is 0 Å². The van der Waals surface area contributed by atoms with E-state index in [9.17, 15) is 19.4 Å². The van der Waals surface area contributed by atoms with Crippen LogP contribution in [0.3, 0.4) is 0 Å². The zero-order chi connectivity index (χ0) is 54.9. The molecule has 0 spiro atoms. The molecule has 0 bridgehead atoms. The number of unbranched alkanes of at least 4 members (excludes halogenated alkanes) is 47. The number of likely N-dealkylation sites (N-methyl/N-ethyl adjacent to an activating group) is 1. The fourth-order valence-corrected chi connectivity index (χ4v) is 11.0. The molecule has 75 heavy (non-hydrogen) atoms. The minimum Gasteiger partial charge on any atom is -0.387 e. The molecule has 3 unspecified atom stereocenters. The van der Waals surface area contributed by atoms with Gasteiger partial charge < -0.3 is 19.8 Å². The lowest BCUT2D eigenvalue weighted by atomic mass is 10.0. The first-order valence-corrected chi connectivity index (χ1v) is 34.7. The number of carbonyl (C=O) groups is 1. The van der Waals surface area contributed by atoms with Gasteiger partial charge in [0.15, 0.2) is 0 Å². The Morgan fingerprint density at radius 1 is 0.440 bits per heavy atom. The SMILES string of the molecule is CCCCCCCCCCCCCC/C=C/C(O)C(COP(=O)(O)OCC[N+](C)(C)C)NC(=O)CCCCCCCCCCCCCCCCCCC/C=C\CCCCCCCCCCCCCCCCCCCC. The molecule has 0 aromatic rings. The predicted molar refractivity (Wildman–Crippen MR) is 328 cm³/mol. The number of rotatable bonds is 62. The first-order chi connectivity index (χ1) is 36.5. The molecule has 0 radical (unpaired) electrons. The molecular formula is C66H132N2O6P+. The summed E-state index contributed by atoms with van der Waals surface area (Å²) >= 11 is 0. The van der Waals surface area contributed by atoms with Crippen molar-refractivity contribution in [2.45, 2.75) is 353 Å². The second kappa shape index (κ2) is 57.7. The first-order valence-electron chi connectivity index (χ1n) is 33.2. The molecule has 0 fully saturated rings. The van der Waals surface area contributed by atoms with Crippen LogP contribution < -0.4 is 5.32 Å². The van der Waals surface area contributed by atoms with Gasteiger partial charge in [-0.1, -0.05) is 314 Å². The summed E-state index contributed by atoms with van der Waals surface area (Å²) in [5.74, 6) is -0.171. The molecule has 0 aliphatic carbocycles. The lowest BCUT2D eigenvalue weighted by Crippen LogP contribution is -2.45. The summed E-state index contributed by atoms with van der Waals surface area (Å²) in [5.41, 5.74) is 0. The van der Waals surface area contributed by atoms with E-state index in [1.807, 2.05) is 27.2 Å². The highest BCUT2D eigenvalue weighted by Crippen LogP contribution is 2.43. The van der Waals surface area contributed by atoms with Crippen LogP contribution in [0.2, 0.25) is 0 Å². The Morgan fingerprint density at radius 3 is 1.03 bits per heavy atom. The third kappa shape index (κ3) is 60.5. The van der Waals surface area contributed by atoms with Gasteiger partial charge >= 0.3 is 7.82 Å². The summed E-state index contributed by atoms with van der Waals surface area (Å²) in [5, 5.41) is 13.9. The Bertz CT molecular complexity index is 1270. The summed E-state index contributed by atoms with van der Waals surface area (Å²) in [6.07, 6.45) is 74.8. The van der Waals surface area contributed by atoms with Gasteiger partial charge in [0.25, 0.3) is 0 Å². The Morgan fingerprint density at radius 2 is 0.720 bits per heavy atom. The van der Waals surface area contributed by atoms with Crippen LogP contribution in [0.1, 0.15) is 341 Å². The standard InChI is InChI=1S/C66H131N2O6P/c1-6-8-10-12-14-16-18-20-22-23-24-25-26-27-28-29-30-31-32-33-34-35-36-37-38-39-40-41-42-43-44-45-46-48-50-52-54-56-58-60-66(70)67-64(63-74-75(71,72)73-62-61-68(3,4)5)65(69)59-57-55-53-51-49-47-21-19-17-15-13-11-9-7-2/h33-34,57,59,64-65,69H,6-32,35-56,58,60-63H2,1-5H3,(H-,67,70,71,72)/p+1/b34-33-,59-57+. The second-order valence-corrected chi connectivity index (χ2v) is 25.7. The summed E-state index contributed by atoms with van der Waals surface area (Å²) in [6, 6.07) is -0.844. The molecule has 0 aliphatic rings. The monoisotopic (exact) mass is 1080 g/mol. The average molecular weight is 1080 g/mol. The van der Waals surface area contributed by atoms with Crippen molar-refractivity contribution >= 4 is 13.7 Å². The quantitative estimate of drug-likeness (QED) is 0.0243. The van der Waals surface area contributed by atoms with Gasteiger partial charge in [0.1, 0.15) is 13.2 Å². The van der Waals surface area contributed by atoms with Gasteiger partial charge in [-0.3, -0.25) is 13.8 Å². The van der Waals surface area contributed by atoms with Crippen molar-refractivity contribution in [3.05, 3.63) is 24.3 Å². The maximum Gasteiger partial charge on any atom is 0.472 e. The molecule has 0 aromatic heterocycles. The Kier molecular flexibility index (Phi) is 56.9. The molecule has 0 aliphatic heterocycles. The number of quaternary nitrogens is 1. The van der Waals surface area contributed by atoms with Gasteiger partial charge in [0.2, 0.25) is 5.91 Å². The summed E-state index contributed by atoms with van der Waals surface area (Å²) in [6.45, 7) is 4.86. The number of amides is 1. The van der Waals surface area contributed by atoms with Crippen LogP contribution in [0, 0.1) is 0 Å². The van der Waals surface area contributed by atoms with Gasteiger partial charge in [0, 0.05) is 6.42 Å². The molecule has 0 saturated heterocycles. The maximum atomic E-state index is 13.0. The van der Waals surface area contributed by atoms with Crippen molar-refractivity contribution < 1.29 is 32.9 Å². The lowest BCUT2D eigenvalue weighted by molar-refractivity contribution is -0.870. The zero-order valence-electron chi connectivity index (χ0n) is 51.1. The third-order valence-corrected chi connectivity index (χ3v) is 16.4. The van der Waals surface area contributed by atoms with E-state index >= 15 is 0 Å². The van der Waals surface area contributed by atoms with Gasteiger partial charge in [0.05, 0.1) is 39.9 Å². The van der Waals surface area contributed by atoms with E-state index in [2.05, 4.69) is 31.3 Å². The van der Waals surface area contributed by atoms with E-state index in [0.717, 1.165) is 38.5 Å². The Balaban J connectivity index is 3.87. The molecule has 0 heterocycles. The summed E-state index contributed by atoms with van der Waals surface area (Å²) in [7, 11) is 1.59. The molecule has 3 N–H and O–H groups in total. The summed E-state index contributed by atoms with van der Waals surface area (Å²) in [4.78, 5) is 23.3. The second-order valence-electron chi connectivity index (χ2n) is 24.2. The fraction of sp³-hybridized carbons (Fsp3) is 0.924. The normalized spacial score (nSPS) is 13.9. The van der Waals surface area contributed by atoms with Gasteiger partial charge in [-0.05, 0) is 44.9 Å². The molecule has 9 heteroatoms. The van der Waals surface area contributed by atoms with Crippen molar-refractivity contribution in [3.63, 3.8) is 0 Å².